The highest BCUT2D eigenvalue weighted by molar-refractivity contribution is 6.41. The molecule has 0 aliphatic rings. The topological polar surface area (TPSA) is 59.1 Å². The average molecular weight is 207 g/mol. The van der Waals surface area contributed by atoms with Gasteiger partial charge in [0.15, 0.2) is 0 Å². The minimum Gasteiger partial charge on any atom is -0.387 e. The van der Waals surface area contributed by atoms with Crippen LogP contribution in [0.1, 0.15) is 11.7 Å². The average Bonchev–Trinajstić information content (AvgIpc) is 2.08. The minimum absolute atomic E-state index is 0.139. The fraction of sp³-hybridized carbons (Fsp3) is 0.286. The van der Waals surface area contributed by atoms with Gasteiger partial charge in [0.2, 0.25) is 0 Å². The van der Waals surface area contributed by atoms with Crippen molar-refractivity contribution in [3.63, 3.8) is 0 Å². The van der Waals surface area contributed by atoms with Crippen LogP contribution in [0.4, 0.5) is 0 Å². The van der Waals surface area contributed by atoms with Crippen molar-refractivity contribution in [1.82, 2.24) is 4.98 Å². The van der Waals surface area contributed by atoms with E-state index in [9.17, 15) is 5.11 Å². The first kappa shape index (κ1) is 9.74. The van der Waals surface area contributed by atoms with Crippen molar-refractivity contribution in [3.05, 3.63) is 28.0 Å². The number of hydrogen-bond donors (Lipinski definition) is 2. The van der Waals surface area contributed by atoms with Gasteiger partial charge in [0.1, 0.15) is 5.15 Å². The van der Waals surface area contributed by atoms with Crippen molar-refractivity contribution in [2.24, 2.45) is 5.73 Å². The first-order chi connectivity index (χ1) is 5.65. The maximum absolute atomic E-state index is 9.28. The summed E-state index contributed by atoms with van der Waals surface area (Å²) >= 11 is 11.2. The number of hydrogen-bond acceptors (Lipinski definition) is 3. The number of nitrogens with zero attached hydrogens (tertiary/aromatic N) is 1. The first-order valence-corrected chi connectivity index (χ1v) is 4.10. The summed E-state index contributed by atoms with van der Waals surface area (Å²) in [6.07, 6.45) is 0.721. The predicted molar refractivity (Wildman–Crippen MR) is 48.3 cm³/mol. The summed E-state index contributed by atoms with van der Waals surface area (Å²) in [5, 5.41) is 9.83. The standard InChI is InChI=1S/C7H8Cl2N2O/c8-5-1-4(6(12)2-10)3-11-7(5)9/h1,3,6,12H,2,10H2. The molecule has 1 aromatic heterocycles. The van der Waals surface area contributed by atoms with Crippen molar-refractivity contribution in [2.45, 2.75) is 6.10 Å². The SMILES string of the molecule is NCC(O)c1cnc(Cl)c(Cl)c1. The van der Waals surface area contributed by atoms with Crippen molar-refractivity contribution in [3.8, 4) is 0 Å². The molecule has 1 heterocycles. The van der Waals surface area contributed by atoms with Crippen LogP contribution >= 0.6 is 23.2 Å². The van der Waals surface area contributed by atoms with Gasteiger partial charge in [0.05, 0.1) is 11.1 Å². The van der Waals surface area contributed by atoms with Gasteiger partial charge in [0, 0.05) is 18.3 Å². The van der Waals surface area contributed by atoms with Crippen molar-refractivity contribution in [1.29, 1.82) is 0 Å². The lowest BCUT2D eigenvalue weighted by Crippen LogP contribution is -2.11. The molecule has 1 rings (SSSR count). The maximum atomic E-state index is 9.28. The van der Waals surface area contributed by atoms with Gasteiger partial charge < -0.3 is 10.8 Å². The van der Waals surface area contributed by atoms with E-state index in [2.05, 4.69) is 4.98 Å². The van der Waals surface area contributed by atoms with Crippen molar-refractivity contribution >= 4 is 23.2 Å². The highest BCUT2D eigenvalue weighted by Crippen LogP contribution is 2.22. The van der Waals surface area contributed by atoms with Gasteiger partial charge in [-0.1, -0.05) is 23.2 Å². The Hall–Kier alpha value is -0.350. The zero-order valence-corrected chi connectivity index (χ0v) is 7.68. The van der Waals surface area contributed by atoms with Crippen molar-refractivity contribution < 1.29 is 5.11 Å². The highest BCUT2D eigenvalue weighted by atomic mass is 35.5. The summed E-state index contributed by atoms with van der Waals surface area (Å²) in [5.41, 5.74) is 5.81. The van der Waals surface area contributed by atoms with Gasteiger partial charge in [-0.15, -0.1) is 0 Å². The first-order valence-electron chi connectivity index (χ1n) is 3.34. The Labute approximate surface area is 80.1 Å². The number of rotatable bonds is 2. The summed E-state index contributed by atoms with van der Waals surface area (Å²) in [6, 6.07) is 1.55. The van der Waals surface area contributed by atoms with E-state index in [0.29, 0.717) is 10.6 Å². The Morgan fingerprint density at radius 1 is 1.58 bits per heavy atom. The summed E-state index contributed by atoms with van der Waals surface area (Å²) in [5.74, 6) is 0. The minimum atomic E-state index is -0.729. The summed E-state index contributed by atoms with van der Waals surface area (Å²) < 4.78 is 0. The zero-order valence-electron chi connectivity index (χ0n) is 6.17. The monoisotopic (exact) mass is 206 g/mol. The molecule has 1 unspecified atom stereocenters. The van der Waals surface area contributed by atoms with E-state index < -0.39 is 6.10 Å². The van der Waals surface area contributed by atoms with E-state index in [-0.39, 0.29) is 11.7 Å². The molecule has 0 saturated heterocycles. The van der Waals surface area contributed by atoms with Gasteiger partial charge >= 0.3 is 0 Å². The number of aliphatic hydroxyl groups excluding tert-OH is 1. The molecule has 0 radical (unpaired) electrons. The molecule has 66 valence electrons. The summed E-state index contributed by atoms with van der Waals surface area (Å²) in [7, 11) is 0. The number of pyridine rings is 1. The maximum Gasteiger partial charge on any atom is 0.147 e. The van der Waals surface area contributed by atoms with Gasteiger partial charge in [-0.25, -0.2) is 4.98 Å². The fourth-order valence-electron chi connectivity index (χ4n) is 0.754. The largest absolute Gasteiger partial charge is 0.387 e. The van der Waals surface area contributed by atoms with Crippen LogP contribution in [-0.2, 0) is 0 Å². The fourth-order valence-corrected chi connectivity index (χ4v) is 1.03. The Balaban J connectivity index is 2.96. The molecule has 3 nitrogen and oxygen atoms in total. The molecule has 0 aliphatic heterocycles. The molecule has 3 N–H and O–H groups in total. The van der Waals surface area contributed by atoms with E-state index in [1.54, 1.807) is 6.07 Å². The lowest BCUT2D eigenvalue weighted by atomic mass is 10.2. The van der Waals surface area contributed by atoms with E-state index in [0.717, 1.165) is 0 Å². The molecule has 0 bridgehead atoms. The highest BCUT2D eigenvalue weighted by Gasteiger charge is 2.07. The number of aliphatic hydroxyl groups is 1. The van der Waals surface area contributed by atoms with Crippen LogP contribution in [0.5, 0.6) is 0 Å². The Morgan fingerprint density at radius 2 is 2.25 bits per heavy atom. The molecule has 0 saturated carbocycles. The number of aromatic nitrogens is 1. The van der Waals surface area contributed by atoms with Crippen LogP contribution in [0.25, 0.3) is 0 Å². The van der Waals surface area contributed by atoms with Crippen LogP contribution in [-0.4, -0.2) is 16.6 Å². The van der Waals surface area contributed by atoms with E-state index in [1.165, 1.54) is 6.20 Å². The lowest BCUT2D eigenvalue weighted by Gasteiger charge is -2.07. The van der Waals surface area contributed by atoms with E-state index >= 15 is 0 Å². The molecule has 1 atom stereocenters. The Bertz CT molecular complexity index is 280. The number of halogens is 2. The predicted octanol–water partition coefficient (Wildman–Crippen LogP) is 1.38. The third-order valence-electron chi connectivity index (χ3n) is 1.43. The van der Waals surface area contributed by atoms with Gasteiger partial charge in [0.25, 0.3) is 0 Å². The van der Waals surface area contributed by atoms with Crippen molar-refractivity contribution in [2.75, 3.05) is 6.54 Å². The molecular formula is C7H8Cl2N2O. The normalized spacial score (nSPS) is 13.0. The molecule has 1 aromatic rings. The van der Waals surface area contributed by atoms with Gasteiger partial charge in [-0.2, -0.15) is 0 Å². The lowest BCUT2D eigenvalue weighted by molar-refractivity contribution is 0.186. The summed E-state index contributed by atoms with van der Waals surface area (Å²) in [4.78, 5) is 3.77. The molecule has 0 fully saturated rings. The second kappa shape index (κ2) is 4.05. The van der Waals surface area contributed by atoms with E-state index in [4.69, 9.17) is 28.9 Å². The molecule has 0 aromatic carbocycles. The Morgan fingerprint density at radius 3 is 2.75 bits per heavy atom. The molecule has 0 aliphatic carbocycles. The van der Waals surface area contributed by atoms with E-state index in [1.807, 2.05) is 0 Å². The quantitative estimate of drug-likeness (QED) is 0.720. The van der Waals surface area contributed by atoms with Crippen LogP contribution in [0.2, 0.25) is 10.2 Å². The van der Waals surface area contributed by atoms with Crippen LogP contribution in [0.3, 0.4) is 0 Å². The molecule has 0 spiro atoms. The van der Waals surface area contributed by atoms with Crippen LogP contribution in [0, 0.1) is 0 Å². The molecule has 5 heteroatoms. The molecule has 12 heavy (non-hydrogen) atoms. The second-order valence-corrected chi connectivity index (χ2v) is 3.06. The van der Waals surface area contributed by atoms with Crippen LogP contribution < -0.4 is 5.73 Å². The van der Waals surface area contributed by atoms with Gasteiger partial charge in [-0.05, 0) is 6.07 Å². The summed E-state index contributed by atoms with van der Waals surface area (Å²) in [6.45, 7) is 0.139. The third kappa shape index (κ3) is 2.08. The van der Waals surface area contributed by atoms with Crippen LogP contribution in [0.15, 0.2) is 12.3 Å². The molecule has 0 amide bonds. The smallest absolute Gasteiger partial charge is 0.147 e. The Kier molecular flexibility index (Phi) is 3.29. The third-order valence-corrected chi connectivity index (χ3v) is 2.11. The second-order valence-electron chi connectivity index (χ2n) is 2.29. The van der Waals surface area contributed by atoms with Gasteiger partial charge in [-0.3, -0.25) is 0 Å². The molecular weight excluding hydrogens is 199 g/mol. The number of nitrogens with two attached hydrogens (primary N) is 1. The zero-order chi connectivity index (χ0) is 9.14.